The third-order valence-electron chi connectivity index (χ3n) is 4.70. The smallest absolute Gasteiger partial charge is 0.408 e. The van der Waals surface area contributed by atoms with Crippen molar-refractivity contribution in [3.05, 3.63) is 34.9 Å². The van der Waals surface area contributed by atoms with Crippen LogP contribution in [-0.2, 0) is 52.6 Å². The van der Waals surface area contributed by atoms with Gasteiger partial charge < -0.3 is 34.7 Å². The van der Waals surface area contributed by atoms with Crippen LogP contribution >= 0.6 is 0 Å². The highest BCUT2D eigenvalue weighted by Crippen LogP contribution is 2.17. The van der Waals surface area contributed by atoms with Crippen LogP contribution in [0, 0.1) is 0 Å². The molecule has 0 fully saturated rings. The molecule has 0 aliphatic carbocycles. The first kappa shape index (κ1) is 32.2. The Morgan fingerprint density at radius 1 is 0.711 bits per heavy atom. The summed E-state index contributed by atoms with van der Waals surface area (Å²) < 4.78 is 20.1. The van der Waals surface area contributed by atoms with E-state index in [1.165, 1.54) is 14.2 Å². The number of carboxylic acid groups (broad SMARTS) is 1. The molecular formula is C26H38N2O10. The average Bonchev–Trinajstić information content (AvgIpc) is 2.73. The van der Waals surface area contributed by atoms with Crippen LogP contribution in [0.25, 0.3) is 0 Å². The number of hydrogen-bond donors (Lipinski definition) is 3. The molecule has 0 aliphatic heterocycles. The number of alkyl carbamates (subject to hydrolysis) is 2. The number of ether oxygens (including phenoxy) is 4. The molecule has 0 radical (unpaired) electrons. The molecule has 2 atom stereocenters. The Balaban J connectivity index is 3.31. The van der Waals surface area contributed by atoms with E-state index in [2.05, 4.69) is 10.6 Å². The molecule has 0 aliphatic rings. The fourth-order valence-corrected chi connectivity index (χ4v) is 3.39. The van der Waals surface area contributed by atoms with Gasteiger partial charge in [0.05, 0.1) is 20.6 Å². The average molecular weight is 539 g/mol. The van der Waals surface area contributed by atoms with Crippen molar-refractivity contribution in [2.45, 2.75) is 84.1 Å². The third kappa shape index (κ3) is 12.4. The number of benzene rings is 1. The summed E-state index contributed by atoms with van der Waals surface area (Å²) in [4.78, 5) is 60.8. The minimum atomic E-state index is -1.14. The standard InChI is InChI=1S/C26H38N2O10/c1-25(2,3)37-23(33)27-18(21(31)35-7)12-15-9-16(11-17(10-15)14-20(29)30)13-19(22(32)36-8)28-24(34)38-26(4,5)6/h9-11,18-19H,12-14H2,1-8H3,(H,27,33)(H,28,34)(H,29,30)/t18-,19-/m0/s1. The number of carbonyl (C=O) groups excluding carboxylic acids is 4. The summed E-state index contributed by atoms with van der Waals surface area (Å²) in [5, 5.41) is 14.3. The van der Waals surface area contributed by atoms with E-state index in [0.717, 1.165) is 0 Å². The van der Waals surface area contributed by atoms with Crippen molar-refractivity contribution in [1.29, 1.82) is 0 Å². The normalized spacial score (nSPS) is 12.9. The second-order valence-corrected chi connectivity index (χ2v) is 10.6. The number of aliphatic carboxylic acids is 1. The monoisotopic (exact) mass is 538 g/mol. The van der Waals surface area contributed by atoms with Gasteiger partial charge in [0, 0.05) is 12.8 Å². The molecule has 3 N–H and O–H groups in total. The first-order valence-electron chi connectivity index (χ1n) is 11.9. The van der Waals surface area contributed by atoms with Gasteiger partial charge in [0.25, 0.3) is 0 Å². The zero-order chi connectivity index (χ0) is 29.3. The predicted molar refractivity (Wildman–Crippen MR) is 136 cm³/mol. The number of nitrogens with one attached hydrogen (secondary N) is 2. The van der Waals surface area contributed by atoms with Gasteiger partial charge in [-0.3, -0.25) is 4.79 Å². The topological polar surface area (TPSA) is 167 Å². The summed E-state index contributed by atoms with van der Waals surface area (Å²) in [6, 6.07) is 2.49. The summed E-state index contributed by atoms with van der Waals surface area (Å²) in [7, 11) is 2.34. The minimum absolute atomic E-state index is 0.0608. The summed E-state index contributed by atoms with van der Waals surface area (Å²) in [5.41, 5.74) is -0.267. The van der Waals surface area contributed by atoms with Gasteiger partial charge in [-0.25, -0.2) is 19.2 Å². The Labute approximate surface area is 222 Å². The zero-order valence-electron chi connectivity index (χ0n) is 23.1. The molecule has 0 aromatic heterocycles. The molecule has 1 aromatic rings. The van der Waals surface area contributed by atoms with E-state index in [1.54, 1.807) is 59.7 Å². The molecule has 0 unspecified atom stereocenters. The van der Waals surface area contributed by atoms with E-state index in [0.29, 0.717) is 16.7 Å². The van der Waals surface area contributed by atoms with Crippen molar-refractivity contribution in [3.8, 4) is 0 Å². The molecule has 212 valence electrons. The van der Waals surface area contributed by atoms with Crippen molar-refractivity contribution in [2.75, 3.05) is 14.2 Å². The number of amides is 2. The van der Waals surface area contributed by atoms with Gasteiger partial charge in [0.15, 0.2) is 0 Å². The quantitative estimate of drug-likeness (QED) is 0.297. The highest BCUT2D eigenvalue weighted by atomic mass is 16.6. The Morgan fingerprint density at radius 3 is 1.34 bits per heavy atom. The molecule has 12 heteroatoms. The molecule has 0 spiro atoms. The number of rotatable bonds is 10. The summed E-state index contributed by atoms with van der Waals surface area (Å²) in [5.74, 6) is -2.57. The van der Waals surface area contributed by atoms with Crippen LogP contribution in [0.15, 0.2) is 18.2 Å². The Hall–Kier alpha value is -3.83. The van der Waals surface area contributed by atoms with Crippen LogP contribution in [-0.4, -0.2) is 72.7 Å². The van der Waals surface area contributed by atoms with Crippen molar-refractivity contribution >= 4 is 30.1 Å². The molecule has 0 saturated heterocycles. The molecule has 12 nitrogen and oxygen atoms in total. The zero-order valence-corrected chi connectivity index (χ0v) is 23.1. The van der Waals surface area contributed by atoms with Crippen LogP contribution in [0.3, 0.4) is 0 Å². The van der Waals surface area contributed by atoms with E-state index >= 15 is 0 Å². The molecular weight excluding hydrogens is 500 g/mol. The number of esters is 2. The highest BCUT2D eigenvalue weighted by molar-refractivity contribution is 5.82. The lowest BCUT2D eigenvalue weighted by Crippen LogP contribution is -2.45. The van der Waals surface area contributed by atoms with Gasteiger partial charge in [0.1, 0.15) is 23.3 Å². The van der Waals surface area contributed by atoms with Crippen molar-refractivity contribution in [1.82, 2.24) is 10.6 Å². The lowest BCUT2D eigenvalue weighted by atomic mass is 9.95. The molecule has 1 aromatic carbocycles. The number of carboxylic acids is 1. The van der Waals surface area contributed by atoms with Gasteiger partial charge in [-0.1, -0.05) is 18.2 Å². The van der Waals surface area contributed by atoms with E-state index in [1.807, 2.05) is 0 Å². The maximum atomic E-state index is 12.4. The summed E-state index contributed by atoms with van der Waals surface area (Å²) in [6.07, 6.45) is -2.13. The lowest BCUT2D eigenvalue weighted by Gasteiger charge is -2.23. The maximum absolute atomic E-state index is 12.4. The predicted octanol–water partition coefficient (Wildman–Crippen LogP) is 2.53. The van der Waals surface area contributed by atoms with Crippen LogP contribution in [0.5, 0.6) is 0 Å². The van der Waals surface area contributed by atoms with Gasteiger partial charge in [-0.05, 0) is 58.2 Å². The first-order chi connectivity index (χ1) is 17.4. The molecule has 38 heavy (non-hydrogen) atoms. The second kappa shape index (κ2) is 13.6. The van der Waals surface area contributed by atoms with Gasteiger partial charge in [-0.15, -0.1) is 0 Å². The third-order valence-corrected chi connectivity index (χ3v) is 4.70. The molecule has 0 heterocycles. The van der Waals surface area contributed by atoms with E-state index in [4.69, 9.17) is 18.9 Å². The Morgan fingerprint density at radius 2 is 1.05 bits per heavy atom. The minimum Gasteiger partial charge on any atom is -0.481 e. The largest absolute Gasteiger partial charge is 0.481 e. The lowest BCUT2D eigenvalue weighted by molar-refractivity contribution is -0.143. The van der Waals surface area contributed by atoms with E-state index in [-0.39, 0.29) is 19.3 Å². The summed E-state index contributed by atoms with van der Waals surface area (Å²) >= 11 is 0. The maximum Gasteiger partial charge on any atom is 0.408 e. The number of carbonyl (C=O) groups is 5. The Bertz CT molecular complexity index is 954. The van der Waals surface area contributed by atoms with Gasteiger partial charge >= 0.3 is 30.1 Å². The Kier molecular flexibility index (Phi) is 11.6. The summed E-state index contributed by atoms with van der Waals surface area (Å²) in [6.45, 7) is 10.0. The first-order valence-corrected chi connectivity index (χ1v) is 11.9. The fourth-order valence-electron chi connectivity index (χ4n) is 3.39. The molecule has 0 bridgehead atoms. The second-order valence-electron chi connectivity index (χ2n) is 10.6. The fraction of sp³-hybridized carbons (Fsp3) is 0.577. The molecule has 1 rings (SSSR count). The van der Waals surface area contributed by atoms with E-state index < -0.39 is 53.4 Å². The SMILES string of the molecule is COC(=O)[C@H](Cc1cc(CC(=O)O)cc(C[C@H](NC(=O)OC(C)(C)C)C(=O)OC)c1)NC(=O)OC(C)(C)C. The van der Waals surface area contributed by atoms with Crippen molar-refractivity contribution in [3.63, 3.8) is 0 Å². The van der Waals surface area contributed by atoms with Crippen LogP contribution in [0.1, 0.15) is 58.2 Å². The van der Waals surface area contributed by atoms with Crippen LogP contribution in [0.2, 0.25) is 0 Å². The highest BCUT2D eigenvalue weighted by Gasteiger charge is 2.28. The number of methoxy groups -OCH3 is 2. The van der Waals surface area contributed by atoms with Crippen LogP contribution < -0.4 is 10.6 Å². The van der Waals surface area contributed by atoms with Crippen LogP contribution in [0.4, 0.5) is 9.59 Å². The van der Waals surface area contributed by atoms with Gasteiger partial charge in [-0.2, -0.15) is 0 Å². The van der Waals surface area contributed by atoms with Crippen molar-refractivity contribution in [2.24, 2.45) is 0 Å². The molecule has 2 amide bonds. The molecule has 0 saturated carbocycles. The van der Waals surface area contributed by atoms with E-state index in [9.17, 15) is 29.1 Å². The van der Waals surface area contributed by atoms with Gasteiger partial charge in [0.2, 0.25) is 0 Å². The number of hydrogen-bond acceptors (Lipinski definition) is 9. The van der Waals surface area contributed by atoms with Crippen molar-refractivity contribution < 1.29 is 48.0 Å².